The van der Waals surface area contributed by atoms with E-state index in [-0.39, 0.29) is 0 Å². The molecular formula is C13H21ClN2. The lowest BCUT2D eigenvalue weighted by atomic mass is 10.1. The van der Waals surface area contributed by atoms with Crippen molar-refractivity contribution in [1.82, 2.24) is 0 Å². The Morgan fingerprint density at radius 1 is 1.44 bits per heavy atom. The van der Waals surface area contributed by atoms with Gasteiger partial charge < -0.3 is 10.6 Å². The van der Waals surface area contributed by atoms with Crippen LogP contribution in [-0.4, -0.2) is 13.6 Å². The summed E-state index contributed by atoms with van der Waals surface area (Å²) >= 11 is 6.02. The Kier molecular flexibility index (Phi) is 5.10. The van der Waals surface area contributed by atoms with Gasteiger partial charge in [0.05, 0.1) is 0 Å². The highest BCUT2D eigenvalue weighted by Crippen LogP contribution is 2.24. The van der Waals surface area contributed by atoms with Gasteiger partial charge in [0, 0.05) is 30.8 Å². The van der Waals surface area contributed by atoms with Crippen LogP contribution in [0.2, 0.25) is 5.02 Å². The van der Waals surface area contributed by atoms with Crippen LogP contribution in [0.1, 0.15) is 25.8 Å². The predicted molar refractivity (Wildman–Crippen MR) is 72.1 cm³/mol. The first-order valence-electron chi connectivity index (χ1n) is 5.78. The van der Waals surface area contributed by atoms with E-state index >= 15 is 0 Å². The van der Waals surface area contributed by atoms with Crippen LogP contribution in [0, 0.1) is 5.92 Å². The summed E-state index contributed by atoms with van der Waals surface area (Å²) in [6, 6.07) is 5.89. The molecule has 2 N–H and O–H groups in total. The Hall–Kier alpha value is -0.730. The fraction of sp³-hybridized carbons (Fsp3) is 0.538. The monoisotopic (exact) mass is 240 g/mol. The molecule has 1 aromatic rings. The number of anilines is 1. The second-order valence-corrected chi connectivity index (χ2v) is 4.81. The molecule has 1 atom stereocenters. The molecule has 0 amide bonds. The molecule has 0 fully saturated rings. The van der Waals surface area contributed by atoms with Crippen molar-refractivity contribution in [3.63, 3.8) is 0 Å². The van der Waals surface area contributed by atoms with Gasteiger partial charge in [0.2, 0.25) is 0 Å². The first kappa shape index (κ1) is 13.3. The van der Waals surface area contributed by atoms with E-state index < -0.39 is 0 Å². The number of hydrogen-bond acceptors (Lipinski definition) is 2. The lowest BCUT2D eigenvalue weighted by Crippen LogP contribution is -2.25. The van der Waals surface area contributed by atoms with Gasteiger partial charge in [-0.05, 0) is 23.6 Å². The van der Waals surface area contributed by atoms with Crippen molar-refractivity contribution in [2.75, 3.05) is 18.5 Å². The summed E-state index contributed by atoms with van der Waals surface area (Å²) in [4.78, 5) is 2.24. The van der Waals surface area contributed by atoms with Crippen molar-refractivity contribution in [2.24, 2.45) is 11.7 Å². The minimum atomic E-state index is 0.553. The van der Waals surface area contributed by atoms with Crippen LogP contribution in [0.3, 0.4) is 0 Å². The zero-order valence-corrected chi connectivity index (χ0v) is 11.1. The van der Waals surface area contributed by atoms with Gasteiger partial charge in [0.15, 0.2) is 0 Å². The van der Waals surface area contributed by atoms with Crippen LogP contribution >= 0.6 is 11.6 Å². The Balaban J connectivity index is 2.88. The van der Waals surface area contributed by atoms with Gasteiger partial charge >= 0.3 is 0 Å². The molecule has 0 spiro atoms. The van der Waals surface area contributed by atoms with E-state index in [1.165, 1.54) is 6.42 Å². The lowest BCUT2D eigenvalue weighted by molar-refractivity contribution is 0.559. The maximum atomic E-state index is 6.02. The summed E-state index contributed by atoms with van der Waals surface area (Å²) < 4.78 is 0. The first-order chi connectivity index (χ1) is 7.58. The summed E-state index contributed by atoms with van der Waals surface area (Å²) in [6.07, 6.45) is 1.18. The number of nitrogens with zero attached hydrogens (tertiary/aromatic N) is 1. The van der Waals surface area contributed by atoms with Crippen molar-refractivity contribution in [1.29, 1.82) is 0 Å². The number of rotatable bonds is 5. The fourth-order valence-electron chi connectivity index (χ4n) is 1.76. The van der Waals surface area contributed by atoms with E-state index in [1.807, 2.05) is 18.2 Å². The van der Waals surface area contributed by atoms with Crippen molar-refractivity contribution in [2.45, 2.75) is 26.8 Å². The molecule has 0 saturated carbocycles. The fourth-order valence-corrected chi connectivity index (χ4v) is 1.93. The Bertz CT molecular complexity index is 339. The van der Waals surface area contributed by atoms with Crippen molar-refractivity contribution < 1.29 is 0 Å². The molecule has 0 saturated heterocycles. The molecule has 2 nitrogen and oxygen atoms in total. The molecule has 1 aromatic carbocycles. The molecule has 16 heavy (non-hydrogen) atoms. The largest absolute Gasteiger partial charge is 0.374 e. The molecule has 0 bridgehead atoms. The second kappa shape index (κ2) is 6.12. The molecule has 0 aliphatic heterocycles. The average molecular weight is 241 g/mol. The highest BCUT2D eigenvalue weighted by molar-refractivity contribution is 6.30. The molecule has 1 unspecified atom stereocenters. The highest BCUT2D eigenvalue weighted by Gasteiger charge is 2.09. The number of hydrogen-bond donors (Lipinski definition) is 1. The molecule has 1 rings (SSSR count). The van der Waals surface area contributed by atoms with Gasteiger partial charge in [-0.2, -0.15) is 0 Å². The Labute approximate surface area is 103 Å². The maximum absolute atomic E-state index is 6.02. The van der Waals surface area contributed by atoms with Crippen LogP contribution in [0.4, 0.5) is 5.69 Å². The van der Waals surface area contributed by atoms with Crippen LogP contribution in [0.15, 0.2) is 18.2 Å². The van der Waals surface area contributed by atoms with Gasteiger partial charge in [0.25, 0.3) is 0 Å². The number of halogens is 1. The zero-order chi connectivity index (χ0) is 12.1. The SMILES string of the molecule is CCC(C)CN(C)c1cc(Cl)ccc1CN. The lowest BCUT2D eigenvalue weighted by Gasteiger charge is -2.25. The average Bonchev–Trinajstić information content (AvgIpc) is 2.28. The molecule has 0 radical (unpaired) electrons. The van der Waals surface area contributed by atoms with Crippen LogP contribution in [-0.2, 0) is 6.54 Å². The molecule has 0 aromatic heterocycles. The molecule has 90 valence electrons. The normalized spacial score (nSPS) is 12.6. The van der Waals surface area contributed by atoms with E-state index in [9.17, 15) is 0 Å². The highest BCUT2D eigenvalue weighted by atomic mass is 35.5. The van der Waals surface area contributed by atoms with Crippen LogP contribution in [0.5, 0.6) is 0 Å². The van der Waals surface area contributed by atoms with Crippen molar-refractivity contribution in [3.05, 3.63) is 28.8 Å². The standard InChI is InChI=1S/C13H21ClN2/c1-4-10(2)9-16(3)13-7-12(14)6-5-11(13)8-15/h5-7,10H,4,8-9,15H2,1-3H3. The third-order valence-electron chi connectivity index (χ3n) is 2.96. The molecule has 0 aliphatic carbocycles. The number of benzene rings is 1. The molecule has 0 heterocycles. The van der Waals surface area contributed by atoms with E-state index in [1.54, 1.807) is 0 Å². The van der Waals surface area contributed by atoms with E-state index in [4.69, 9.17) is 17.3 Å². The summed E-state index contributed by atoms with van der Waals surface area (Å²) in [5.41, 5.74) is 8.03. The second-order valence-electron chi connectivity index (χ2n) is 4.37. The molecule has 0 aliphatic rings. The van der Waals surface area contributed by atoms with Crippen LogP contribution in [0.25, 0.3) is 0 Å². The summed E-state index contributed by atoms with van der Waals surface area (Å²) in [6.45, 7) is 6.05. The zero-order valence-electron chi connectivity index (χ0n) is 10.3. The van der Waals surface area contributed by atoms with E-state index in [2.05, 4.69) is 25.8 Å². The number of nitrogens with two attached hydrogens (primary N) is 1. The van der Waals surface area contributed by atoms with Crippen molar-refractivity contribution in [3.8, 4) is 0 Å². The maximum Gasteiger partial charge on any atom is 0.0426 e. The third-order valence-corrected chi connectivity index (χ3v) is 3.20. The summed E-state index contributed by atoms with van der Waals surface area (Å²) in [5, 5.41) is 0.767. The predicted octanol–water partition coefficient (Wildman–Crippen LogP) is 3.28. The smallest absolute Gasteiger partial charge is 0.0426 e. The van der Waals surface area contributed by atoms with Gasteiger partial charge in [-0.3, -0.25) is 0 Å². The van der Waals surface area contributed by atoms with Gasteiger partial charge in [-0.25, -0.2) is 0 Å². The molecular weight excluding hydrogens is 220 g/mol. The van der Waals surface area contributed by atoms with Gasteiger partial charge in [0.1, 0.15) is 0 Å². The summed E-state index contributed by atoms with van der Waals surface area (Å²) in [7, 11) is 2.09. The van der Waals surface area contributed by atoms with E-state index in [0.717, 1.165) is 22.8 Å². The topological polar surface area (TPSA) is 29.3 Å². The summed E-state index contributed by atoms with van der Waals surface area (Å²) in [5.74, 6) is 0.676. The first-order valence-corrected chi connectivity index (χ1v) is 6.15. The van der Waals surface area contributed by atoms with Crippen LogP contribution < -0.4 is 10.6 Å². The Morgan fingerprint density at radius 3 is 2.69 bits per heavy atom. The quantitative estimate of drug-likeness (QED) is 0.856. The van der Waals surface area contributed by atoms with E-state index in [0.29, 0.717) is 12.5 Å². The van der Waals surface area contributed by atoms with Gasteiger partial charge in [-0.1, -0.05) is 37.9 Å². The third kappa shape index (κ3) is 3.39. The van der Waals surface area contributed by atoms with Crippen molar-refractivity contribution >= 4 is 17.3 Å². The minimum Gasteiger partial charge on any atom is -0.374 e. The minimum absolute atomic E-state index is 0.553. The Morgan fingerprint density at radius 2 is 2.12 bits per heavy atom. The van der Waals surface area contributed by atoms with Gasteiger partial charge in [-0.15, -0.1) is 0 Å². The molecule has 3 heteroatoms.